The maximum Gasteiger partial charge on any atom is 0.0369 e. The zero-order valence-corrected chi connectivity index (χ0v) is 10.5. The molecule has 0 aromatic heterocycles. The van der Waals surface area contributed by atoms with Crippen LogP contribution in [0.5, 0.6) is 0 Å². The number of nitrogens with zero attached hydrogens (tertiary/aromatic N) is 1. The summed E-state index contributed by atoms with van der Waals surface area (Å²) in [6.07, 6.45) is 6.54. The summed E-state index contributed by atoms with van der Waals surface area (Å²) in [4.78, 5) is 2.51. The summed E-state index contributed by atoms with van der Waals surface area (Å²) < 4.78 is 0. The molecule has 1 saturated heterocycles. The highest BCUT2D eigenvalue weighted by atomic mass is 15.2. The van der Waals surface area contributed by atoms with Gasteiger partial charge in [-0.2, -0.15) is 0 Å². The van der Waals surface area contributed by atoms with Crippen LogP contribution in [0.4, 0.5) is 5.69 Å². The first-order valence-electron chi connectivity index (χ1n) is 6.93. The fraction of sp³-hybridized carbons (Fsp3) is 0.600. The number of hydrogen-bond donors (Lipinski definition) is 1. The quantitative estimate of drug-likeness (QED) is 0.845. The number of aryl methyl sites for hydroxylation is 2. The highest BCUT2D eigenvalue weighted by molar-refractivity contribution is 5.52. The topological polar surface area (TPSA) is 29.3 Å². The van der Waals surface area contributed by atoms with Crippen LogP contribution in [0.3, 0.4) is 0 Å². The predicted octanol–water partition coefficient (Wildman–Crippen LogP) is 2.35. The lowest BCUT2D eigenvalue weighted by Gasteiger charge is -2.22. The lowest BCUT2D eigenvalue weighted by Crippen LogP contribution is -2.22. The Morgan fingerprint density at radius 1 is 1.18 bits per heavy atom. The summed E-state index contributed by atoms with van der Waals surface area (Å²) in [5.41, 5.74) is 10.3. The van der Waals surface area contributed by atoms with E-state index in [4.69, 9.17) is 5.73 Å². The third-order valence-corrected chi connectivity index (χ3v) is 4.32. The van der Waals surface area contributed by atoms with Gasteiger partial charge in [-0.15, -0.1) is 0 Å². The van der Waals surface area contributed by atoms with Crippen molar-refractivity contribution in [1.82, 2.24) is 0 Å². The average molecular weight is 230 g/mol. The molecule has 1 aliphatic heterocycles. The van der Waals surface area contributed by atoms with E-state index in [9.17, 15) is 0 Å². The van der Waals surface area contributed by atoms with Crippen LogP contribution in [-0.2, 0) is 12.8 Å². The minimum atomic E-state index is 0.700. The molecule has 1 aromatic carbocycles. The van der Waals surface area contributed by atoms with E-state index < -0.39 is 0 Å². The van der Waals surface area contributed by atoms with Gasteiger partial charge >= 0.3 is 0 Å². The first kappa shape index (κ1) is 11.1. The smallest absolute Gasteiger partial charge is 0.0369 e. The Labute approximate surface area is 104 Å². The third kappa shape index (κ3) is 2.19. The largest absolute Gasteiger partial charge is 0.371 e. The first-order valence-corrected chi connectivity index (χ1v) is 6.93. The van der Waals surface area contributed by atoms with Crippen molar-refractivity contribution in [2.24, 2.45) is 11.7 Å². The molecular formula is C15H22N2. The summed E-state index contributed by atoms with van der Waals surface area (Å²) in [6.45, 7) is 3.16. The molecule has 1 heterocycles. The van der Waals surface area contributed by atoms with Gasteiger partial charge in [0, 0.05) is 18.8 Å². The van der Waals surface area contributed by atoms with Crippen LogP contribution in [0.1, 0.15) is 30.4 Å². The summed E-state index contributed by atoms with van der Waals surface area (Å²) >= 11 is 0. The molecule has 1 atom stereocenters. The fourth-order valence-electron chi connectivity index (χ4n) is 3.18. The van der Waals surface area contributed by atoms with Crippen molar-refractivity contribution in [3.05, 3.63) is 29.3 Å². The zero-order chi connectivity index (χ0) is 11.7. The van der Waals surface area contributed by atoms with Gasteiger partial charge in [0.05, 0.1) is 0 Å². The Hall–Kier alpha value is -1.02. The van der Waals surface area contributed by atoms with E-state index in [2.05, 4.69) is 23.1 Å². The molecule has 0 spiro atoms. The highest BCUT2D eigenvalue weighted by Gasteiger charge is 2.22. The van der Waals surface area contributed by atoms with Crippen LogP contribution >= 0.6 is 0 Å². The van der Waals surface area contributed by atoms with Gasteiger partial charge in [-0.05, 0) is 67.8 Å². The molecule has 92 valence electrons. The molecule has 1 fully saturated rings. The molecule has 1 aromatic rings. The minimum Gasteiger partial charge on any atom is -0.371 e. The summed E-state index contributed by atoms with van der Waals surface area (Å²) in [6, 6.07) is 7.08. The predicted molar refractivity (Wildman–Crippen MR) is 72.5 cm³/mol. The Morgan fingerprint density at radius 3 is 2.76 bits per heavy atom. The highest BCUT2D eigenvalue weighted by Crippen LogP contribution is 2.29. The molecule has 3 rings (SSSR count). The van der Waals surface area contributed by atoms with Gasteiger partial charge in [0.25, 0.3) is 0 Å². The van der Waals surface area contributed by atoms with Gasteiger partial charge < -0.3 is 10.6 Å². The Kier molecular flexibility index (Phi) is 3.06. The second kappa shape index (κ2) is 4.69. The van der Waals surface area contributed by atoms with Crippen LogP contribution in [0.25, 0.3) is 0 Å². The SMILES string of the molecule is NCC1CCN(c2ccc3c(c2)CCCC3)C1. The number of rotatable bonds is 2. The van der Waals surface area contributed by atoms with E-state index in [-0.39, 0.29) is 0 Å². The maximum absolute atomic E-state index is 5.76. The Morgan fingerprint density at radius 2 is 2.00 bits per heavy atom. The van der Waals surface area contributed by atoms with Crippen molar-refractivity contribution in [2.75, 3.05) is 24.5 Å². The molecular weight excluding hydrogens is 208 g/mol. The zero-order valence-electron chi connectivity index (χ0n) is 10.5. The van der Waals surface area contributed by atoms with Crippen molar-refractivity contribution < 1.29 is 0 Å². The van der Waals surface area contributed by atoms with E-state index in [1.165, 1.54) is 44.3 Å². The van der Waals surface area contributed by atoms with E-state index in [1.807, 2.05) is 0 Å². The van der Waals surface area contributed by atoms with Crippen LogP contribution in [0.15, 0.2) is 18.2 Å². The number of nitrogens with two attached hydrogens (primary N) is 1. The van der Waals surface area contributed by atoms with Gasteiger partial charge in [-0.25, -0.2) is 0 Å². The lowest BCUT2D eigenvalue weighted by atomic mass is 9.91. The average Bonchev–Trinajstić information content (AvgIpc) is 2.87. The van der Waals surface area contributed by atoms with Crippen LogP contribution in [0, 0.1) is 5.92 Å². The van der Waals surface area contributed by atoms with Crippen molar-refractivity contribution >= 4 is 5.69 Å². The van der Waals surface area contributed by atoms with Gasteiger partial charge in [0.2, 0.25) is 0 Å². The summed E-state index contributed by atoms with van der Waals surface area (Å²) in [5, 5.41) is 0. The number of benzene rings is 1. The second-order valence-corrected chi connectivity index (χ2v) is 5.50. The molecule has 17 heavy (non-hydrogen) atoms. The normalized spacial score (nSPS) is 23.8. The summed E-state index contributed by atoms with van der Waals surface area (Å²) in [7, 11) is 0. The molecule has 0 bridgehead atoms. The molecule has 0 saturated carbocycles. The van der Waals surface area contributed by atoms with E-state index in [1.54, 1.807) is 11.1 Å². The summed E-state index contributed by atoms with van der Waals surface area (Å²) in [5.74, 6) is 0.700. The molecule has 2 nitrogen and oxygen atoms in total. The standard InChI is InChI=1S/C15H22N2/c16-10-12-7-8-17(11-12)15-6-5-13-3-1-2-4-14(13)9-15/h5-6,9,12H,1-4,7-8,10-11,16H2. The number of fused-ring (bicyclic) bond motifs is 1. The molecule has 2 aliphatic rings. The minimum absolute atomic E-state index is 0.700. The third-order valence-electron chi connectivity index (χ3n) is 4.32. The molecule has 1 unspecified atom stereocenters. The van der Waals surface area contributed by atoms with Crippen LogP contribution in [0.2, 0.25) is 0 Å². The molecule has 2 N–H and O–H groups in total. The van der Waals surface area contributed by atoms with Gasteiger partial charge in [-0.1, -0.05) is 6.07 Å². The van der Waals surface area contributed by atoms with Crippen molar-refractivity contribution in [3.63, 3.8) is 0 Å². The molecule has 1 aliphatic carbocycles. The lowest BCUT2D eigenvalue weighted by molar-refractivity contribution is 0.602. The van der Waals surface area contributed by atoms with E-state index in [0.29, 0.717) is 5.92 Å². The number of hydrogen-bond acceptors (Lipinski definition) is 2. The second-order valence-electron chi connectivity index (χ2n) is 5.50. The molecule has 0 radical (unpaired) electrons. The Bertz CT molecular complexity index is 400. The number of anilines is 1. The Balaban J connectivity index is 1.79. The van der Waals surface area contributed by atoms with Crippen LogP contribution < -0.4 is 10.6 Å². The van der Waals surface area contributed by atoms with E-state index in [0.717, 1.165) is 13.1 Å². The van der Waals surface area contributed by atoms with Crippen molar-refractivity contribution in [3.8, 4) is 0 Å². The van der Waals surface area contributed by atoms with Crippen molar-refractivity contribution in [1.29, 1.82) is 0 Å². The first-order chi connectivity index (χ1) is 8.36. The van der Waals surface area contributed by atoms with Crippen LogP contribution in [-0.4, -0.2) is 19.6 Å². The molecule has 0 amide bonds. The van der Waals surface area contributed by atoms with Gasteiger partial charge in [0.1, 0.15) is 0 Å². The molecule has 2 heteroatoms. The monoisotopic (exact) mass is 230 g/mol. The van der Waals surface area contributed by atoms with Crippen molar-refractivity contribution in [2.45, 2.75) is 32.1 Å². The van der Waals surface area contributed by atoms with Gasteiger partial charge in [0.15, 0.2) is 0 Å². The van der Waals surface area contributed by atoms with Gasteiger partial charge in [-0.3, -0.25) is 0 Å². The fourth-order valence-corrected chi connectivity index (χ4v) is 3.18. The van der Waals surface area contributed by atoms with E-state index >= 15 is 0 Å². The maximum atomic E-state index is 5.76.